The number of amides is 1. The maximum atomic E-state index is 13.3. The van der Waals surface area contributed by atoms with Gasteiger partial charge in [0.2, 0.25) is 0 Å². The Morgan fingerprint density at radius 1 is 1.00 bits per heavy atom. The summed E-state index contributed by atoms with van der Waals surface area (Å²) >= 11 is 0. The molecule has 0 atom stereocenters. The van der Waals surface area contributed by atoms with E-state index in [4.69, 9.17) is 14.0 Å². The number of benzene rings is 2. The van der Waals surface area contributed by atoms with Crippen LogP contribution >= 0.6 is 0 Å². The zero-order valence-electron chi connectivity index (χ0n) is 19.5. The van der Waals surface area contributed by atoms with Gasteiger partial charge in [0.1, 0.15) is 23.9 Å². The molecule has 0 aliphatic carbocycles. The molecule has 0 spiro atoms. The van der Waals surface area contributed by atoms with Gasteiger partial charge in [0.15, 0.2) is 0 Å². The molecule has 7 heteroatoms. The van der Waals surface area contributed by atoms with E-state index < -0.39 is 0 Å². The van der Waals surface area contributed by atoms with E-state index in [1.165, 1.54) is 5.56 Å². The van der Waals surface area contributed by atoms with Crippen molar-refractivity contribution >= 4 is 5.91 Å². The lowest BCUT2D eigenvalue weighted by Gasteiger charge is -2.35. The van der Waals surface area contributed by atoms with Crippen LogP contribution in [0.25, 0.3) is 0 Å². The van der Waals surface area contributed by atoms with Crippen molar-refractivity contribution in [3.63, 3.8) is 0 Å². The highest BCUT2D eigenvalue weighted by Gasteiger charge is 2.24. The van der Waals surface area contributed by atoms with Crippen LogP contribution in [0, 0.1) is 13.8 Å². The Hall–Kier alpha value is -3.32. The Balaban J connectivity index is 1.34. The smallest absolute Gasteiger partial charge is 0.257 e. The third-order valence-corrected chi connectivity index (χ3v) is 5.97. The van der Waals surface area contributed by atoms with Gasteiger partial charge in [-0.3, -0.25) is 9.69 Å². The van der Waals surface area contributed by atoms with Crippen molar-refractivity contribution in [1.82, 2.24) is 15.0 Å². The van der Waals surface area contributed by atoms with E-state index in [1.54, 1.807) is 0 Å². The molecular weight excluding hydrogens is 418 g/mol. The predicted molar refractivity (Wildman–Crippen MR) is 126 cm³/mol. The van der Waals surface area contributed by atoms with Gasteiger partial charge < -0.3 is 18.9 Å². The lowest BCUT2D eigenvalue weighted by Crippen LogP contribution is -2.48. The number of hydrogen-bond donors (Lipinski definition) is 0. The number of hydrogen-bond acceptors (Lipinski definition) is 6. The number of carbonyl (C=O) groups excluding carboxylic acids is 1. The topological polar surface area (TPSA) is 68.0 Å². The van der Waals surface area contributed by atoms with Crippen molar-refractivity contribution in [2.75, 3.05) is 32.8 Å². The van der Waals surface area contributed by atoms with Crippen molar-refractivity contribution in [3.8, 4) is 11.5 Å². The van der Waals surface area contributed by atoms with Crippen molar-refractivity contribution in [3.05, 3.63) is 76.7 Å². The molecule has 1 saturated heterocycles. The molecule has 1 aromatic heterocycles. The molecule has 0 N–H and O–H groups in total. The molecule has 33 heavy (non-hydrogen) atoms. The van der Waals surface area contributed by atoms with Crippen molar-refractivity contribution in [2.45, 2.75) is 33.9 Å². The van der Waals surface area contributed by atoms with Gasteiger partial charge in [0.25, 0.3) is 5.91 Å². The Morgan fingerprint density at radius 3 is 2.39 bits per heavy atom. The second-order valence-electron chi connectivity index (χ2n) is 8.23. The Kier molecular flexibility index (Phi) is 7.29. The summed E-state index contributed by atoms with van der Waals surface area (Å²) in [7, 11) is 0. The molecule has 2 heterocycles. The van der Waals surface area contributed by atoms with Crippen LogP contribution in [0.3, 0.4) is 0 Å². The summed E-state index contributed by atoms with van der Waals surface area (Å²) in [6.07, 6.45) is 0. The maximum Gasteiger partial charge on any atom is 0.257 e. The van der Waals surface area contributed by atoms with Crippen molar-refractivity contribution in [2.24, 2.45) is 0 Å². The average molecular weight is 450 g/mol. The molecule has 1 aliphatic rings. The number of carbonyl (C=O) groups is 1. The largest absolute Gasteiger partial charge is 0.494 e. The molecule has 7 nitrogen and oxygen atoms in total. The molecule has 0 radical (unpaired) electrons. The van der Waals surface area contributed by atoms with Crippen LogP contribution in [-0.4, -0.2) is 53.6 Å². The van der Waals surface area contributed by atoms with Crippen molar-refractivity contribution < 1.29 is 18.8 Å². The van der Waals surface area contributed by atoms with Gasteiger partial charge in [0, 0.05) is 32.7 Å². The Bertz CT molecular complexity index is 1050. The van der Waals surface area contributed by atoms with Gasteiger partial charge in [-0.05, 0) is 50.6 Å². The van der Waals surface area contributed by atoms with E-state index in [0.717, 1.165) is 42.4 Å². The third kappa shape index (κ3) is 5.54. The van der Waals surface area contributed by atoms with Crippen LogP contribution < -0.4 is 9.47 Å². The van der Waals surface area contributed by atoms with Gasteiger partial charge in [0.05, 0.1) is 23.4 Å². The molecule has 0 bridgehead atoms. The molecule has 1 aliphatic heterocycles. The standard InChI is InChI=1S/C26H31N3O4/c1-4-31-22-11-9-21(10-12-22)17-28-13-15-29(16-14-28)26(30)23-7-5-6-8-25(23)32-18-24-19(2)27-33-20(24)3/h5-12H,4,13-18H2,1-3H3. The first-order valence-corrected chi connectivity index (χ1v) is 11.4. The summed E-state index contributed by atoms with van der Waals surface area (Å²) in [4.78, 5) is 17.5. The van der Waals surface area contributed by atoms with Gasteiger partial charge in [-0.15, -0.1) is 0 Å². The molecule has 4 rings (SSSR count). The number of aryl methyl sites for hydroxylation is 2. The van der Waals surface area contributed by atoms with Crippen molar-refractivity contribution in [1.29, 1.82) is 0 Å². The first-order chi connectivity index (χ1) is 16.0. The summed E-state index contributed by atoms with van der Waals surface area (Å²) in [6, 6.07) is 15.7. The zero-order chi connectivity index (χ0) is 23.2. The molecule has 2 aromatic carbocycles. The summed E-state index contributed by atoms with van der Waals surface area (Å²) in [5.74, 6) is 2.22. The molecule has 0 unspecified atom stereocenters. The fourth-order valence-electron chi connectivity index (χ4n) is 4.02. The van der Waals surface area contributed by atoms with Gasteiger partial charge >= 0.3 is 0 Å². The first-order valence-electron chi connectivity index (χ1n) is 11.4. The molecule has 174 valence electrons. The Labute approximate surface area is 194 Å². The minimum atomic E-state index is 0.00470. The van der Waals surface area contributed by atoms with Gasteiger partial charge in [-0.2, -0.15) is 0 Å². The normalized spacial score (nSPS) is 14.3. The zero-order valence-corrected chi connectivity index (χ0v) is 19.5. The second-order valence-corrected chi connectivity index (χ2v) is 8.23. The van der Waals surface area contributed by atoms with Gasteiger partial charge in [-0.1, -0.05) is 29.4 Å². The average Bonchev–Trinajstić information content (AvgIpc) is 3.16. The van der Waals surface area contributed by atoms with Crippen LogP contribution in [0.15, 0.2) is 53.1 Å². The maximum absolute atomic E-state index is 13.3. The second kappa shape index (κ2) is 10.5. The highest BCUT2D eigenvalue weighted by Crippen LogP contribution is 2.24. The summed E-state index contributed by atoms with van der Waals surface area (Å²) in [5.41, 5.74) is 3.56. The van der Waals surface area contributed by atoms with Crippen LogP contribution in [-0.2, 0) is 13.2 Å². The number of aromatic nitrogens is 1. The van der Waals surface area contributed by atoms with Crippen LogP contribution in [0.2, 0.25) is 0 Å². The van der Waals surface area contributed by atoms with E-state index in [1.807, 2.05) is 62.1 Å². The third-order valence-electron chi connectivity index (χ3n) is 5.97. The number of nitrogens with zero attached hydrogens (tertiary/aromatic N) is 3. The lowest BCUT2D eigenvalue weighted by atomic mass is 10.1. The molecule has 1 amide bonds. The molecule has 3 aromatic rings. The lowest BCUT2D eigenvalue weighted by molar-refractivity contribution is 0.0624. The highest BCUT2D eigenvalue weighted by molar-refractivity contribution is 5.97. The predicted octanol–water partition coefficient (Wildman–Crippen LogP) is 4.23. The highest BCUT2D eigenvalue weighted by atomic mass is 16.5. The van der Waals surface area contributed by atoms with Crippen LogP contribution in [0.5, 0.6) is 11.5 Å². The van der Waals surface area contributed by atoms with E-state index >= 15 is 0 Å². The summed E-state index contributed by atoms with van der Waals surface area (Å²) < 4.78 is 16.7. The first kappa shape index (κ1) is 22.9. The summed E-state index contributed by atoms with van der Waals surface area (Å²) in [5, 5.41) is 3.97. The summed E-state index contributed by atoms with van der Waals surface area (Å²) in [6.45, 7) is 10.6. The number of ether oxygens (including phenoxy) is 2. The SMILES string of the molecule is CCOc1ccc(CN2CCN(C(=O)c3ccccc3OCc3c(C)noc3C)CC2)cc1. The van der Waals surface area contributed by atoms with Gasteiger partial charge in [-0.25, -0.2) is 0 Å². The van der Waals surface area contributed by atoms with E-state index in [0.29, 0.717) is 37.6 Å². The Morgan fingerprint density at radius 2 is 1.73 bits per heavy atom. The van der Waals surface area contributed by atoms with E-state index in [9.17, 15) is 4.79 Å². The number of rotatable bonds is 8. The monoisotopic (exact) mass is 449 g/mol. The van der Waals surface area contributed by atoms with E-state index in [-0.39, 0.29) is 5.91 Å². The number of para-hydroxylation sites is 1. The molecule has 1 fully saturated rings. The van der Waals surface area contributed by atoms with Crippen LogP contribution in [0.1, 0.15) is 39.9 Å². The van der Waals surface area contributed by atoms with E-state index in [2.05, 4.69) is 22.2 Å². The molecule has 0 saturated carbocycles. The minimum absolute atomic E-state index is 0.00470. The fourth-order valence-corrected chi connectivity index (χ4v) is 4.02. The minimum Gasteiger partial charge on any atom is -0.494 e. The quantitative estimate of drug-likeness (QED) is 0.513. The molecular formula is C26H31N3O4. The fraction of sp³-hybridized carbons (Fsp3) is 0.385. The number of piperazine rings is 1. The van der Waals surface area contributed by atoms with Crippen LogP contribution in [0.4, 0.5) is 0 Å².